The first kappa shape index (κ1) is 11.6. The van der Waals surface area contributed by atoms with E-state index in [1.54, 1.807) is 0 Å². The molecule has 0 aliphatic heterocycles. The summed E-state index contributed by atoms with van der Waals surface area (Å²) in [5, 5.41) is 8.85. The van der Waals surface area contributed by atoms with Crippen molar-refractivity contribution < 1.29 is 9.90 Å². The van der Waals surface area contributed by atoms with E-state index in [1.807, 2.05) is 13.8 Å². The Morgan fingerprint density at radius 1 is 1.62 bits per heavy atom. The topological polar surface area (TPSA) is 37.3 Å². The number of aliphatic carboxylic acids is 1. The summed E-state index contributed by atoms with van der Waals surface area (Å²) in [6, 6.07) is 0. The summed E-state index contributed by atoms with van der Waals surface area (Å²) in [7, 11) is 0. The molecule has 1 aliphatic rings. The fraction of sp³-hybridized carbons (Fsp3) is 0.875. The Morgan fingerprint density at radius 3 is 2.31 bits per heavy atom. The van der Waals surface area contributed by atoms with Crippen molar-refractivity contribution in [3.8, 4) is 0 Å². The highest BCUT2D eigenvalue weighted by atomic mass is 79.9. The smallest absolute Gasteiger partial charge is 0.307 e. The molecular formula is C8H11BrCl2O2. The Morgan fingerprint density at radius 2 is 2.08 bits per heavy atom. The van der Waals surface area contributed by atoms with Crippen molar-refractivity contribution >= 4 is 45.1 Å². The lowest BCUT2D eigenvalue weighted by Crippen LogP contribution is -2.06. The molecule has 1 aliphatic carbocycles. The van der Waals surface area contributed by atoms with Gasteiger partial charge in [-0.05, 0) is 33.7 Å². The minimum absolute atomic E-state index is 0.0550. The maximum atomic E-state index is 10.8. The number of hydrogen-bond acceptors (Lipinski definition) is 1. The maximum absolute atomic E-state index is 10.8. The summed E-state index contributed by atoms with van der Waals surface area (Å²) in [4.78, 5) is 10.8. The van der Waals surface area contributed by atoms with E-state index in [1.165, 1.54) is 0 Å². The third kappa shape index (κ3) is 2.51. The standard InChI is InChI=1S/C8H11BrCl2O2/c1-7(2)4(3-8(9,10)11)5(7)6(12)13/h4-5H,3H2,1-2H3,(H,12,13). The highest BCUT2D eigenvalue weighted by Gasteiger charge is 2.63. The van der Waals surface area contributed by atoms with Crippen LogP contribution in [0.5, 0.6) is 0 Å². The van der Waals surface area contributed by atoms with Crippen molar-refractivity contribution in [2.75, 3.05) is 0 Å². The lowest BCUT2D eigenvalue weighted by atomic mass is 10.1. The molecule has 0 aromatic heterocycles. The Bertz CT molecular complexity index is 235. The molecule has 0 spiro atoms. The minimum Gasteiger partial charge on any atom is -0.481 e. The number of hydrogen-bond donors (Lipinski definition) is 1. The van der Waals surface area contributed by atoms with E-state index in [0.29, 0.717) is 6.42 Å². The van der Waals surface area contributed by atoms with Gasteiger partial charge in [0.25, 0.3) is 0 Å². The van der Waals surface area contributed by atoms with E-state index in [4.69, 9.17) is 28.3 Å². The van der Waals surface area contributed by atoms with Gasteiger partial charge >= 0.3 is 5.97 Å². The zero-order valence-corrected chi connectivity index (χ0v) is 10.4. The van der Waals surface area contributed by atoms with Gasteiger partial charge in [0.1, 0.15) is 0 Å². The second kappa shape index (κ2) is 3.28. The molecule has 2 unspecified atom stereocenters. The first-order chi connectivity index (χ1) is 5.66. The average Bonchev–Trinajstić information content (AvgIpc) is 2.28. The highest BCUT2D eigenvalue weighted by Crippen LogP contribution is 2.62. The second-order valence-corrected chi connectivity index (χ2v) is 7.81. The minimum atomic E-state index is -1.00. The van der Waals surface area contributed by atoms with Gasteiger partial charge in [-0.15, -0.1) is 0 Å². The predicted octanol–water partition coefficient (Wildman–Crippen LogP) is 3.26. The first-order valence-electron chi connectivity index (χ1n) is 3.96. The number of halogens is 3. The summed E-state index contributed by atoms with van der Waals surface area (Å²) in [5.74, 6) is -1.03. The molecule has 76 valence electrons. The molecular weight excluding hydrogens is 279 g/mol. The predicted molar refractivity (Wildman–Crippen MR) is 56.4 cm³/mol. The number of alkyl halides is 3. The number of carboxylic acid groups (broad SMARTS) is 1. The molecule has 5 heteroatoms. The molecule has 0 heterocycles. The summed E-state index contributed by atoms with van der Waals surface area (Å²) in [6.45, 7) is 3.84. The molecule has 2 atom stereocenters. The molecule has 0 radical (unpaired) electrons. The average molecular weight is 290 g/mol. The second-order valence-electron chi connectivity index (χ2n) is 4.06. The van der Waals surface area contributed by atoms with E-state index in [2.05, 4.69) is 15.9 Å². The molecule has 1 fully saturated rings. The van der Waals surface area contributed by atoms with E-state index in [-0.39, 0.29) is 17.3 Å². The summed E-state index contributed by atoms with van der Waals surface area (Å²) in [6.07, 6.45) is 0.458. The quantitative estimate of drug-likeness (QED) is 0.810. The van der Waals surface area contributed by atoms with Gasteiger partial charge in [0, 0.05) is 0 Å². The molecule has 0 aromatic rings. The highest BCUT2D eigenvalue weighted by molar-refractivity contribution is 9.11. The van der Waals surface area contributed by atoms with Gasteiger partial charge < -0.3 is 5.11 Å². The van der Waals surface area contributed by atoms with Gasteiger partial charge in [0.15, 0.2) is 3.24 Å². The van der Waals surface area contributed by atoms with Gasteiger partial charge in [-0.2, -0.15) is 0 Å². The van der Waals surface area contributed by atoms with Gasteiger partial charge in [-0.25, -0.2) is 0 Å². The number of carboxylic acids is 1. The third-order valence-electron chi connectivity index (χ3n) is 2.77. The summed E-state index contributed by atoms with van der Waals surface area (Å²) >= 11 is 14.6. The van der Waals surface area contributed by atoms with Crippen LogP contribution >= 0.6 is 39.1 Å². The molecule has 1 rings (SSSR count). The van der Waals surface area contributed by atoms with Gasteiger partial charge in [0.2, 0.25) is 0 Å². The van der Waals surface area contributed by atoms with Gasteiger partial charge in [0.05, 0.1) is 5.92 Å². The maximum Gasteiger partial charge on any atom is 0.307 e. The molecule has 0 bridgehead atoms. The molecule has 0 saturated heterocycles. The zero-order valence-electron chi connectivity index (χ0n) is 7.35. The monoisotopic (exact) mass is 288 g/mol. The molecule has 2 nitrogen and oxygen atoms in total. The van der Waals surface area contributed by atoms with Crippen molar-refractivity contribution in [2.45, 2.75) is 23.5 Å². The SMILES string of the molecule is CC1(C)C(CC(Cl)(Cl)Br)C1C(=O)O. The van der Waals surface area contributed by atoms with Crippen molar-refractivity contribution in [1.82, 2.24) is 0 Å². The van der Waals surface area contributed by atoms with Crippen LogP contribution in [0.1, 0.15) is 20.3 Å². The third-order valence-corrected chi connectivity index (χ3v) is 3.40. The summed E-state index contributed by atoms with van der Waals surface area (Å²) in [5.41, 5.74) is -0.186. The van der Waals surface area contributed by atoms with Crippen LogP contribution in [0, 0.1) is 17.3 Å². The lowest BCUT2D eigenvalue weighted by molar-refractivity contribution is -0.139. The molecule has 1 N–H and O–H groups in total. The van der Waals surface area contributed by atoms with E-state index in [9.17, 15) is 4.79 Å². The van der Waals surface area contributed by atoms with E-state index < -0.39 is 9.21 Å². The van der Waals surface area contributed by atoms with Crippen molar-refractivity contribution in [2.24, 2.45) is 17.3 Å². The Labute approximate surface area is 95.7 Å². The van der Waals surface area contributed by atoms with Crippen LogP contribution in [0.15, 0.2) is 0 Å². The van der Waals surface area contributed by atoms with Crippen molar-refractivity contribution in [3.63, 3.8) is 0 Å². The van der Waals surface area contributed by atoms with E-state index in [0.717, 1.165) is 0 Å². The van der Waals surface area contributed by atoms with Crippen LogP contribution in [0.25, 0.3) is 0 Å². The number of rotatable bonds is 3. The van der Waals surface area contributed by atoms with Crippen molar-refractivity contribution in [1.29, 1.82) is 0 Å². The van der Waals surface area contributed by atoms with Gasteiger partial charge in [-0.1, -0.05) is 37.0 Å². The fourth-order valence-electron chi connectivity index (χ4n) is 1.86. The molecule has 1 saturated carbocycles. The Hall–Kier alpha value is 0.530. The van der Waals surface area contributed by atoms with Gasteiger partial charge in [-0.3, -0.25) is 4.79 Å². The normalized spacial score (nSPS) is 31.5. The fourth-order valence-corrected chi connectivity index (χ4v) is 2.55. The molecule has 0 amide bonds. The largest absolute Gasteiger partial charge is 0.481 e. The van der Waals surface area contributed by atoms with Crippen LogP contribution in [0.4, 0.5) is 0 Å². The Kier molecular flexibility index (Phi) is 2.93. The number of carbonyl (C=O) groups is 1. The van der Waals surface area contributed by atoms with Crippen LogP contribution in [0.3, 0.4) is 0 Å². The first-order valence-corrected chi connectivity index (χ1v) is 5.50. The van der Waals surface area contributed by atoms with Crippen molar-refractivity contribution in [3.05, 3.63) is 0 Å². The molecule has 13 heavy (non-hydrogen) atoms. The molecule has 0 aromatic carbocycles. The summed E-state index contributed by atoms with van der Waals surface area (Å²) < 4.78 is -1.00. The van der Waals surface area contributed by atoms with Crippen LogP contribution in [0.2, 0.25) is 0 Å². The van der Waals surface area contributed by atoms with Crippen LogP contribution in [-0.2, 0) is 4.79 Å². The van der Waals surface area contributed by atoms with E-state index >= 15 is 0 Å². The Balaban J connectivity index is 2.61. The zero-order chi connectivity index (χ0) is 10.4. The lowest BCUT2D eigenvalue weighted by Gasteiger charge is -2.11. The van der Waals surface area contributed by atoms with Crippen LogP contribution in [-0.4, -0.2) is 14.3 Å². The van der Waals surface area contributed by atoms with Crippen LogP contribution < -0.4 is 0 Å².